The molecule has 0 radical (unpaired) electrons. The SMILES string of the molecule is O=C(NCCn1cnccc1=O)C1CCCO1. The summed E-state index contributed by atoms with van der Waals surface area (Å²) in [5.41, 5.74) is -0.119. The van der Waals surface area contributed by atoms with Gasteiger partial charge < -0.3 is 10.1 Å². The average Bonchev–Trinajstić information content (AvgIpc) is 2.85. The van der Waals surface area contributed by atoms with Gasteiger partial charge in [0.15, 0.2) is 0 Å². The summed E-state index contributed by atoms with van der Waals surface area (Å²) in [6.45, 7) is 1.48. The molecule has 1 amide bonds. The highest BCUT2D eigenvalue weighted by Gasteiger charge is 2.22. The first-order chi connectivity index (χ1) is 8.27. The molecular formula is C11H15N3O3. The summed E-state index contributed by atoms with van der Waals surface area (Å²) >= 11 is 0. The molecule has 1 aliphatic heterocycles. The van der Waals surface area contributed by atoms with E-state index in [9.17, 15) is 9.59 Å². The summed E-state index contributed by atoms with van der Waals surface area (Å²) < 4.78 is 6.70. The highest BCUT2D eigenvalue weighted by Crippen LogP contribution is 2.11. The predicted octanol–water partition coefficient (Wildman–Crippen LogP) is -0.462. The molecule has 0 aromatic carbocycles. The van der Waals surface area contributed by atoms with Crippen LogP contribution in [0, 0.1) is 0 Å². The topological polar surface area (TPSA) is 73.2 Å². The van der Waals surface area contributed by atoms with Gasteiger partial charge in [-0.1, -0.05) is 0 Å². The van der Waals surface area contributed by atoms with Crippen LogP contribution in [0.1, 0.15) is 12.8 Å². The van der Waals surface area contributed by atoms with Crippen LogP contribution >= 0.6 is 0 Å². The fraction of sp³-hybridized carbons (Fsp3) is 0.545. The third-order valence-corrected chi connectivity index (χ3v) is 2.67. The van der Waals surface area contributed by atoms with Gasteiger partial charge in [-0.15, -0.1) is 0 Å². The van der Waals surface area contributed by atoms with Gasteiger partial charge in [0, 0.05) is 32.0 Å². The fourth-order valence-corrected chi connectivity index (χ4v) is 1.74. The number of ether oxygens (including phenoxy) is 1. The second-order valence-electron chi connectivity index (χ2n) is 3.90. The molecule has 2 rings (SSSR count). The number of aromatic nitrogens is 2. The van der Waals surface area contributed by atoms with E-state index < -0.39 is 0 Å². The summed E-state index contributed by atoms with van der Waals surface area (Å²) in [6, 6.07) is 1.39. The molecule has 1 fully saturated rings. The molecule has 0 aliphatic carbocycles. The van der Waals surface area contributed by atoms with E-state index in [1.165, 1.54) is 23.2 Å². The first kappa shape index (κ1) is 11.8. The third-order valence-electron chi connectivity index (χ3n) is 2.67. The van der Waals surface area contributed by atoms with Crippen molar-refractivity contribution in [3.63, 3.8) is 0 Å². The lowest BCUT2D eigenvalue weighted by Crippen LogP contribution is -2.37. The van der Waals surface area contributed by atoms with Crippen LogP contribution in [0.3, 0.4) is 0 Å². The molecule has 1 aromatic heterocycles. The third kappa shape index (κ3) is 3.13. The smallest absolute Gasteiger partial charge is 0.253 e. The summed E-state index contributed by atoms with van der Waals surface area (Å²) in [5.74, 6) is -0.0977. The van der Waals surface area contributed by atoms with E-state index in [2.05, 4.69) is 10.3 Å². The van der Waals surface area contributed by atoms with Crippen molar-refractivity contribution in [2.45, 2.75) is 25.5 Å². The molecule has 1 aliphatic rings. The van der Waals surface area contributed by atoms with Crippen molar-refractivity contribution in [2.24, 2.45) is 0 Å². The van der Waals surface area contributed by atoms with Crippen LogP contribution in [0.25, 0.3) is 0 Å². The second kappa shape index (κ2) is 5.58. The minimum atomic E-state index is -0.319. The van der Waals surface area contributed by atoms with E-state index in [0.29, 0.717) is 19.7 Å². The van der Waals surface area contributed by atoms with Crippen LogP contribution in [-0.4, -0.2) is 34.7 Å². The number of carbonyl (C=O) groups is 1. The predicted molar refractivity (Wildman–Crippen MR) is 60.5 cm³/mol. The van der Waals surface area contributed by atoms with E-state index in [0.717, 1.165) is 12.8 Å². The van der Waals surface area contributed by atoms with Crippen molar-refractivity contribution >= 4 is 5.91 Å². The highest BCUT2D eigenvalue weighted by atomic mass is 16.5. The maximum Gasteiger partial charge on any atom is 0.253 e. The van der Waals surface area contributed by atoms with Crippen molar-refractivity contribution in [3.05, 3.63) is 28.9 Å². The van der Waals surface area contributed by atoms with Gasteiger partial charge in [0.05, 0.1) is 6.33 Å². The summed E-state index contributed by atoms with van der Waals surface area (Å²) in [7, 11) is 0. The molecule has 0 spiro atoms. The first-order valence-electron chi connectivity index (χ1n) is 5.67. The number of hydrogen-bond donors (Lipinski definition) is 1. The van der Waals surface area contributed by atoms with Gasteiger partial charge in [0.1, 0.15) is 6.10 Å². The maximum absolute atomic E-state index is 11.6. The molecule has 1 N–H and O–H groups in total. The quantitative estimate of drug-likeness (QED) is 0.769. The Morgan fingerprint density at radius 3 is 3.24 bits per heavy atom. The zero-order chi connectivity index (χ0) is 12.1. The van der Waals surface area contributed by atoms with Gasteiger partial charge in [-0.25, -0.2) is 4.98 Å². The Morgan fingerprint density at radius 2 is 2.53 bits per heavy atom. The average molecular weight is 237 g/mol. The number of nitrogens with zero attached hydrogens (tertiary/aromatic N) is 2. The van der Waals surface area contributed by atoms with E-state index in [-0.39, 0.29) is 17.6 Å². The molecule has 6 heteroatoms. The van der Waals surface area contributed by atoms with Crippen molar-refractivity contribution in [1.82, 2.24) is 14.9 Å². The lowest BCUT2D eigenvalue weighted by Gasteiger charge is -2.10. The first-order valence-corrected chi connectivity index (χ1v) is 5.67. The number of carbonyl (C=O) groups excluding carboxylic acids is 1. The second-order valence-corrected chi connectivity index (χ2v) is 3.90. The molecule has 2 heterocycles. The van der Waals surface area contributed by atoms with Crippen molar-refractivity contribution in [3.8, 4) is 0 Å². The summed E-state index contributed by atoms with van der Waals surface area (Å²) in [5, 5.41) is 2.75. The molecular weight excluding hydrogens is 222 g/mol. The van der Waals surface area contributed by atoms with Gasteiger partial charge in [0.2, 0.25) is 5.91 Å². The number of hydrogen-bond acceptors (Lipinski definition) is 4. The van der Waals surface area contributed by atoms with Gasteiger partial charge >= 0.3 is 0 Å². The van der Waals surface area contributed by atoms with E-state index >= 15 is 0 Å². The zero-order valence-corrected chi connectivity index (χ0v) is 9.46. The zero-order valence-electron chi connectivity index (χ0n) is 9.46. The molecule has 1 unspecified atom stereocenters. The number of rotatable bonds is 4. The largest absolute Gasteiger partial charge is 0.368 e. The van der Waals surface area contributed by atoms with Gasteiger partial charge in [-0.3, -0.25) is 14.2 Å². The van der Waals surface area contributed by atoms with Gasteiger partial charge in [-0.05, 0) is 12.8 Å². The van der Waals surface area contributed by atoms with Crippen LogP contribution in [-0.2, 0) is 16.1 Å². The number of amides is 1. The minimum absolute atomic E-state index is 0.0977. The van der Waals surface area contributed by atoms with Crippen molar-refractivity contribution in [1.29, 1.82) is 0 Å². The van der Waals surface area contributed by atoms with E-state index in [1.54, 1.807) is 0 Å². The lowest BCUT2D eigenvalue weighted by molar-refractivity contribution is -0.130. The Balaban J connectivity index is 1.78. The molecule has 0 saturated carbocycles. The monoisotopic (exact) mass is 237 g/mol. The van der Waals surface area contributed by atoms with Crippen LogP contribution in [0.15, 0.2) is 23.4 Å². The standard InChI is InChI=1S/C11H15N3O3/c15-10-3-4-12-8-14(10)6-5-13-11(16)9-2-1-7-17-9/h3-4,8-9H,1-2,5-7H2,(H,13,16). The molecule has 0 bridgehead atoms. The Bertz CT molecular complexity index is 438. The Kier molecular flexibility index (Phi) is 3.87. The normalized spacial score (nSPS) is 19.2. The Morgan fingerprint density at radius 1 is 1.65 bits per heavy atom. The van der Waals surface area contributed by atoms with Crippen molar-refractivity contribution < 1.29 is 9.53 Å². The summed E-state index contributed by atoms with van der Waals surface area (Å²) in [4.78, 5) is 26.8. The van der Waals surface area contributed by atoms with Crippen molar-refractivity contribution in [2.75, 3.05) is 13.2 Å². The molecule has 1 atom stereocenters. The molecule has 17 heavy (non-hydrogen) atoms. The minimum Gasteiger partial charge on any atom is -0.368 e. The van der Waals surface area contributed by atoms with Gasteiger partial charge in [0.25, 0.3) is 5.56 Å². The van der Waals surface area contributed by atoms with E-state index in [4.69, 9.17) is 4.74 Å². The molecule has 1 saturated heterocycles. The maximum atomic E-state index is 11.6. The van der Waals surface area contributed by atoms with E-state index in [1.807, 2.05) is 0 Å². The van der Waals surface area contributed by atoms with Crippen LogP contribution in [0.2, 0.25) is 0 Å². The molecule has 92 valence electrons. The fourth-order valence-electron chi connectivity index (χ4n) is 1.74. The number of nitrogens with one attached hydrogen (secondary N) is 1. The van der Waals surface area contributed by atoms with Crippen LogP contribution in [0.4, 0.5) is 0 Å². The lowest BCUT2D eigenvalue weighted by atomic mass is 10.2. The highest BCUT2D eigenvalue weighted by molar-refractivity contribution is 5.80. The van der Waals surface area contributed by atoms with Gasteiger partial charge in [-0.2, -0.15) is 0 Å². The molecule has 1 aromatic rings. The van der Waals surface area contributed by atoms with Crippen LogP contribution < -0.4 is 10.9 Å². The Labute approximate surface area is 98.6 Å². The Hall–Kier alpha value is -1.69. The van der Waals surface area contributed by atoms with Crippen LogP contribution in [0.5, 0.6) is 0 Å². The molecule has 6 nitrogen and oxygen atoms in total. The summed E-state index contributed by atoms with van der Waals surface area (Å²) in [6.07, 6.45) is 4.30.